The maximum atomic E-state index is 12.7. The summed E-state index contributed by atoms with van der Waals surface area (Å²) in [5.41, 5.74) is 3.06. The fraction of sp³-hybridized carbons (Fsp3) is 0.455. The lowest BCUT2D eigenvalue weighted by Crippen LogP contribution is -3.12. The lowest BCUT2D eigenvalue weighted by Gasteiger charge is -2.34. The minimum Gasteiger partial charge on any atom is -0.440 e. The van der Waals surface area contributed by atoms with Crippen molar-refractivity contribution in [3.63, 3.8) is 0 Å². The summed E-state index contributed by atoms with van der Waals surface area (Å²) in [5.74, 6) is -0.0445. The van der Waals surface area contributed by atoms with Crippen molar-refractivity contribution in [1.82, 2.24) is 0 Å². The third kappa shape index (κ3) is 4.38. The SMILES string of the molecule is C[NH+]1CCN(c2ccc(NC(=O)c3ccc(C#N)o3)c(N3CCCCC3)c2)CC1. The number of nitrogens with one attached hydrogen (secondary N) is 2. The van der Waals surface area contributed by atoms with Gasteiger partial charge in [-0.05, 0) is 49.6 Å². The van der Waals surface area contributed by atoms with Gasteiger partial charge in [0.15, 0.2) is 5.76 Å². The predicted octanol–water partition coefficient (Wildman–Crippen LogP) is 1.73. The Morgan fingerprint density at radius 1 is 1.07 bits per heavy atom. The van der Waals surface area contributed by atoms with Gasteiger partial charge >= 0.3 is 0 Å². The van der Waals surface area contributed by atoms with E-state index in [2.05, 4.69) is 34.3 Å². The van der Waals surface area contributed by atoms with E-state index in [0.29, 0.717) is 0 Å². The van der Waals surface area contributed by atoms with Gasteiger partial charge in [0.25, 0.3) is 5.91 Å². The quantitative estimate of drug-likeness (QED) is 0.826. The number of likely N-dealkylation sites (N-methyl/N-ethyl adjacent to an activating group) is 1. The molecule has 0 unspecified atom stereocenters. The number of nitriles is 1. The van der Waals surface area contributed by atoms with Crippen LogP contribution in [0.25, 0.3) is 0 Å². The molecule has 7 heteroatoms. The van der Waals surface area contributed by atoms with Gasteiger partial charge in [-0.1, -0.05) is 0 Å². The fourth-order valence-corrected chi connectivity index (χ4v) is 4.07. The highest BCUT2D eigenvalue weighted by molar-refractivity contribution is 6.04. The van der Waals surface area contributed by atoms with Gasteiger partial charge in [-0.15, -0.1) is 0 Å². The molecule has 3 heterocycles. The summed E-state index contributed by atoms with van der Waals surface area (Å²) in [6.07, 6.45) is 3.58. The molecule has 0 aliphatic carbocycles. The summed E-state index contributed by atoms with van der Waals surface area (Å²) in [6.45, 7) is 6.35. The lowest BCUT2D eigenvalue weighted by atomic mass is 10.1. The van der Waals surface area contributed by atoms with Crippen molar-refractivity contribution in [2.45, 2.75) is 19.3 Å². The van der Waals surface area contributed by atoms with Gasteiger partial charge in [0, 0.05) is 18.8 Å². The number of carbonyl (C=O) groups is 1. The normalized spacial score (nSPS) is 17.8. The molecule has 2 aliphatic rings. The second-order valence-corrected chi connectivity index (χ2v) is 7.92. The molecule has 2 fully saturated rings. The van der Waals surface area contributed by atoms with E-state index in [0.717, 1.165) is 50.6 Å². The zero-order valence-electron chi connectivity index (χ0n) is 16.9. The van der Waals surface area contributed by atoms with Gasteiger partial charge in [0.1, 0.15) is 6.07 Å². The highest BCUT2D eigenvalue weighted by atomic mass is 16.3. The molecule has 2 saturated heterocycles. The number of carbonyl (C=O) groups excluding carboxylic acids is 1. The van der Waals surface area contributed by atoms with Crippen LogP contribution in [0, 0.1) is 11.3 Å². The van der Waals surface area contributed by atoms with E-state index in [1.54, 1.807) is 4.90 Å². The Kier molecular flexibility index (Phi) is 5.72. The number of rotatable bonds is 4. The van der Waals surface area contributed by atoms with E-state index in [4.69, 9.17) is 9.68 Å². The third-order valence-electron chi connectivity index (χ3n) is 5.85. The van der Waals surface area contributed by atoms with Crippen LogP contribution in [0.1, 0.15) is 35.6 Å². The maximum absolute atomic E-state index is 12.7. The molecular formula is C22H28N5O2+. The van der Waals surface area contributed by atoms with Gasteiger partial charge < -0.3 is 24.4 Å². The van der Waals surface area contributed by atoms with Crippen molar-refractivity contribution in [2.24, 2.45) is 0 Å². The second kappa shape index (κ2) is 8.58. The molecule has 2 aromatic rings. The standard InChI is InChI=1S/C22H27N5O2/c1-25-11-13-26(14-12-25)17-5-7-19(20(15-17)27-9-3-2-4-10-27)24-22(28)21-8-6-18(16-23)29-21/h5-8,15H,2-4,9-14H2,1H3,(H,24,28)/p+1. The van der Waals surface area contributed by atoms with Crippen molar-refractivity contribution in [2.75, 3.05) is 61.4 Å². The van der Waals surface area contributed by atoms with Crippen LogP contribution >= 0.6 is 0 Å². The van der Waals surface area contributed by atoms with Gasteiger partial charge in [-0.3, -0.25) is 4.79 Å². The highest BCUT2D eigenvalue weighted by Gasteiger charge is 2.22. The largest absolute Gasteiger partial charge is 0.440 e. The third-order valence-corrected chi connectivity index (χ3v) is 5.85. The number of piperidine rings is 1. The average Bonchev–Trinajstić information content (AvgIpc) is 3.25. The number of furan rings is 1. The summed E-state index contributed by atoms with van der Waals surface area (Å²) in [6, 6.07) is 11.3. The summed E-state index contributed by atoms with van der Waals surface area (Å²) >= 11 is 0. The molecule has 0 radical (unpaired) electrons. The highest BCUT2D eigenvalue weighted by Crippen LogP contribution is 2.33. The molecule has 29 heavy (non-hydrogen) atoms. The molecule has 7 nitrogen and oxygen atoms in total. The van der Waals surface area contributed by atoms with Crippen LogP contribution in [0.15, 0.2) is 34.7 Å². The van der Waals surface area contributed by atoms with E-state index in [1.807, 2.05) is 12.1 Å². The van der Waals surface area contributed by atoms with Crippen LogP contribution in [-0.2, 0) is 0 Å². The van der Waals surface area contributed by atoms with Crippen LogP contribution in [-0.4, -0.2) is 52.2 Å². The molecule has 0 saturated carbocycles. The van der Waals surface area contributed by atoms with Crippen molar-refractivity contribution in [1.29, 1.82) is 5.26 Å². The molecule has 2 N–H and O–H groups in total. The summed E-state index contributed by atoms with van der Waals surface area (Å²) < 4.78 is 5.28. The Morgan fingerprint density at radius 2 is 1.83 bits per heavy atom. The van der Waals surface area contributed by atoms with Crippen LogP contribution in [0.5, 0.6) is 0 Å². The molecule has 0 bridgehead atoms. The van der Waals surface area contributed by atoms with Crippen LogP contribution < -0.4 is 20.0 Å². The summed E-state index contributed by atoms with van der Waals surface area (Å²) in [4.78, 5) is 19.0. The monoisotopic (exact) mass is 394 g/mol. The Bertz CT molecular complexity index is 902. The molecule has 0 atom stereocenters. The molecular weight excluding hydrogens is 366 g/mol. The first-order chi connectivity index (χ1) is 14.1. The van der Waals surface area contributed by atoms with E-state index < -0.39 is 0 Å². The number of anilines is 3. The first-order valence-electron chi connectivity index (χ1n) is 10.4. The summed E-state index contributed by atoms with van der Waals surface area (Å²) in [5, 5.41) is 11.9. The maximum Gasteiger partial charge on any atom is 0.291 e. The molecule has 152 valence electrons. The van der Waals surface area contributed by atoms with Crippen LogP contribution in [0.2, 0.25) is 0 Å². The predicted molar refractivity (Wildman–Crippen MR) is 113 cm³/mol. The zero-order chi connectivity index (χ0) is 20.2. The smallest absolute Gasteiger partial charge is 0.291 e. The van der Waals surface area contributed by atoms with E-state index in [9.17, 15) is 4.79 Å². The number of hydrogen-bond acceptors (Lipinski definition) is 5. The van der Waals surface area contributed by atoms with Crippen molar-refractivity contribution >= 4 is 23.0 Å². The van der Waals surface area contributed by atoms with Crippen LogP contribution in [0.4, 0.5) is 17.1 Å². The second-order valence-electron chi connectivity index (χ2n) is 7.92. The number of hydrogen-bond donors (Lipinski definition) is 2. The van der Waals surface area contributed by atoms with Crippen molar-refractivity contribution < 1.29 is 14.1 Å². The molecule has 2 aliphatic heterocycles. The summed E-state index contributed by atoms with van der Waals surface area (Å²) in [7, 11) is 2.24. The van der Waals surface area contributed by atoms with Gasteiger partial charge in [-0.25, -0.2) is 0 Å². The number of piperazine rings is 1. The van der Waals surface area contributed by atoms with Gasteiger partial charge in [0.05, 0.1) is 44.6 Å². The van der Waals surface area contributed by atoms with Gasteiger partial charge in [-0.2, -0.15) is 5.26 Å². The minimum absolute atomic E-state index is 0.138. The first-order valence-corrected chi connectivity index (χ1v) is 10.4. The molecule has 1 aromatic carbocycles. The Morgan fingerprint density at radius 3 is 2.52 bits per heavy atom. The number of amides is 1. The molecule has 1 amide bonds. The topological polar surface area (TPSA) is 77.0 Å². The van der Waals surface area contributed by atoms with E-state index >= 15 is 0 Å². The first kappa shape index (κ1) is 19.3. The van der Waals surface area contributed by atoms with E-state index in [-0.39, 0.29) is 17.4 Å². The average molecular weight is 394 g/mol. The Labute approximate surface area is 171 Å². The van der Waals surface area contributed by atoms with Crippen LogP contribution in [0.3, 0.4) is 0 Å². The Hall–Kier alpha value is -2.98. The number of quaternary nitrogens is 1. The molecule has 4 rings (SSSR count). The Balaban J connectivity index is 1.59. The number of benzene rings is 1. The zero-order valence-corrected chi connectivity index (χ0v) is 16.9. The number of nitrogens with zero attached hydrogens (tertiary/aromatic N) is 3. The van der Waals surface area contributed by atoms with Gasteiger partial charge in [0.2, 0.25) is 5.76 Å². The molecule has 0 spiro atoms. The molecule has 1 aromatic heterocycles. The minimum atomic E-state index is -0.333. The van der Waals surface area contributed by atoms with Crippen molar-refractivity contribution in [3.8, 4) is 6.07 Å². The fourth-order valence-electron chi connectivity index (χ4n) is 4.07. The lowest BCUT2D eigenvalue weighted by molar-refractivity contribution is -0.880. The van der Waals surface area contributed by atoms with E-state index in [1.165, 1.54) is 37.1 Å². The van der Waals surface area contributed by atoms with Crippen molar-refractivity contribution in [3.05, 3.63) is 41.9 Å².